The Hall–Kier alpha value is -1.43. The van der Waals surface area contributed by atoms with E-state index in [4.69, 9.17) is 11.6 Å². The standard InChI is InChI=1S/C19H26ClN5/c20-17-5-1-4-16(11-17)19-14-25(23-22-19)13-15-3-2-10-24(12-15)18-6-8-21-9-7-18/h1,4-5,11,14-15,18,21H,2-3,6-10,12-13H2. The molecule has 2 aromatic rings. The minimum Gasteiger partial charge on any atom is -0.317 e. The van der Waals surface area contributed by atoms with Gasteiger partial charge in [-0.05, 0) is 63.4 Å². The van der Waals surface area contributed by atoms with Gasteiger partial charge in [0, 0.05) is 29.7 Å². The molecule has 2 fully saturated rings. The SMILES string of the molecule is Clc1cccc(-c2cn(CC3CCCN(C4CCNCC4)C3)nn2)c1. The lowest BCUT2D eigenvalue weighted by Gasteiger charge is -2.40. The first-order chi connectivity index (χ1) is 12.3. The van der Waals surface area contributed by atoms with Crippen LogP contribution in [0.3, 0.4) is 0 Å². The number of hydrogen-bond acceptors (Lipinski definition) is 4. The van der Waals surface area contributed by atoms with Crippen molar-refractivity contribution in [2.75, 3.05) is 26.2 Å². The van der Waals surface area contributed by atoms with Crippen molar-refractivity contribution in [2.45, 2.75) is 38.3 Å². The zero-order valence-corrected chi connectivity index (χ0v) is 15.3. The first kappa shape index (κ1) is 17.0. The summed E-state index contributed by atoms with van der Waals surface area (Å²) in [6.07, 6.45) is 7.21. The van der Waals surface area contributed by atoms with Gasteiger partial charge in [-0.3, -0.25) is 9.58 Å². The van der Waals surface area contributed by atoms with Crippen LogP contribution < -0.4 is 5.32 Å². The number of rotatable bonds is 4. The van der Waals surface area contributed by atoms with Gasteiger partial charge in [0.2, 0.25) is 0 Å². The number of piperidine rings is 2. The van der Waals surface area contributed by atoms with Crippen LogP contribution in [0.5, 0.6) is 0 Å². The van der Waals surface area contributed by atoms with E-state index in [0.29, 0.717) is 5.92 Å². The maximum atomic E-state index is 6.08. The molecule has 1 N–H and O–H groups in total. The summed E-state index contributed by atoms with van der Waals surface area (Å²) in [7, 11) is 0. The highest BCUT2D eigenvalue weighted by molar-refractivity contribution is 6.30. The van der Waals surface area contributed by atoms with Gasteiger partial charge < -0.3 is 5.32 Å². The van der Waals surface area contributed by atoms with Crippen molar-refractivity contribution in [1.29, 1.82) is 0 Å². The largest absolute Gasteiger partial charge is 0.317 e. The van der Waals surface area contributed by atoms with E-state index in [0.717, 1.165) is 42.0 Å². The number of halogens is 1. The Morgan fingerprint density at radius 3 is 2.92 bits per heavy atom. The smallest absolute Gasteiger partial charge is 0.113 e. The highest BCUT2D eigenvalue weighted by atomic mass is 35.5. The van der Waals surface area contributed by atoms with Gasteiger partial charge >= 0.3 is 0 Å². The van der Waals surface area contributed by atoms with E-state index in [1.807, 2.05) is 28.9 Å². The van der Waals surface area contributed by atoms with Gasteiger partial charge in [-0.15, -0.1) is 5.10 Å². The van der Waals surface area contributed by atoms with E-state index in [1.54, 1.807) is 0 Å². The Morgan fingerprint density at radius 1 is 1.20 bits per heavy atom. The zero-order valence-electron chi connectivity index (χ0n) is 14.6. The molecule has 0 saturated carbocycles. The quantitative estimate of drug-likeness (QED) is 0.911. The number of hydrogen-bond donors (Lipinski definition) is 1. The lowest BCUT2D eigenvalue weighted by atomic mass is 9.94. The van der Waals surface area contributed by atoms with Crippen LogP contribution >= 0.6 is 11.6 Å². The van der Waals surface area contributed by atoms with Crippen LogP contribution in [0, 0.1) is 5.92 Å². The third kappa shape index (κ3) is 4.22. The van der Waals surface area contributed by atoms with E-state index in [2.05, 4.69) is 26.7 Å². The van der Waals surface area contributed by atoms with Crippen molar-refractivity contribution in [3.63, 3.8) is 0 Å². The summed E-state index contributed by atoms with van der Waals surface area (Å²) in [6.45, 7) is 5.73. The van der Waals surface area contributed by atoms with Crippen molar-refractivity contribution in [3.05, 3.63) is 35.5 Å². The maximum Gasteiger partial charge on any atom is 0.113 e. The molecule has 3 heterocycles. The Kier molecular flexibility index (Phi) is 5.34. The average Bonchev–Trinajstić information content (AvgIpc) is 3.11. The number of nitrogens with one attached hydrogen (secondary N) is 1. The van der Waals surface area contributed by atoms with E-state index in [1.165, 1.54) is 38.8 Å². The molecule has 4 rings (SSSR count). The van der Waals surface area contributed by atoms with E-state index in [9.17, 15) is 0 Å². The number of benzene rings is 1. The van der Waals surface area contributed by atoms with E-state index < -0.39 is 0 Å². The second-order valence-electron chi connectivity index (χ2n) is 7.32. The highest BCUT2D eigenvalue weighted by Gasteiger charge is 2.27. The van der Waals surface area contributed by atoms with Gasteiger partial charge in [-0.2, -0.15) is 0 Å². The predicted molar refractivity (Wildman–Crippen MR) is 101 cm³/mol. The first-order valence-electron chi connectivity index (χ1n) is 9.39. The van der Waals surface area contributed by atoms with Gasteiger partial charge in [0.05, 0.1) is 6.20 Å². The Morgan fingerprint density at radius 2 is 2.08 bits per heavy atom. The third-order valence-electron chi connectivity index (χ3n) is 5.48. The van der Waals surface area contributed by atoms with Crippen molar-refractivity contribution < 1.29 is 0 Å². The number of aromatic nitrogens is 3. The molecule has 1 aromatic carbocycles. The Bertz CT molecular complexity index is 695. The predicted octanol–water partition coefficient (Wildman–Crippen LogP) is 3.06. The summed E-state index contributed by atoms with van der Waals surface area (Å²) in [4.78, 5) is 2.71. The van der Waals surface area contributed by atoms with Crippen LogP contribution in [0.2, 0.25) is 5.02 Å². The molecule has 0 radical (unpaired) electrons. The Balaban J connectivity index is 1.38. The van der Waals surface area contributed by atoms with Gasteiger partial charge in [-0.1, -0.05) is 28.9 Å². The molecule has 25 heavy (non-hydrogen) atoms. The summed E-state index contributed by atoms with van der Waals surface area (Å²) < 4.78 is 2.01. The molecule has 5 nitrogen and oxygen atoms in total. The van der Waals surface area contributed by atoms with Crippen LogP contribution in [0.4, 0.5) is 0 Å². The second kappa shape index (κ2) is 7.85. The minimum absolute atomic E-state index is 0.664. The molecule has 1 aromatic heterocycles. The summed E-state index contributed by atoms with van der Waals surface area (Å²) in [5, 5.41) is 12.9. The highest BCUT2D eigenvalue weighted by Crippen LogP contribution is 2.24. The lowest BCUT2D eigenvalue weighted by Crippen LogP contribution is -2.48. The number of likely N-dealkylation sites (tertiary alicyclic amines) is 1. The van der Waals surface area contributed by atoms with Gasteiger partial charge in [0.1, 0.15) is 5.69 Å². The monoisotopic (exact) mass is 359 g/mol. The molecule has 2 aliphatic heterocycles. The van der Waals surface area contributed by atoms with Crippen LogP contribution in [0.1, 0.15) is 25.7 Å². The molecule has 0 bridgehead atoms. The first-order valence-corrected chi connectivity index (χ1v) is 9.76. The Labute approximate surface area is 154 Å². The van der Waals surface area contributed by atoms with Crippen LogP contribution in [0.15, 0.2) is 30.5 Å². The molecule has 0 amide bonds. The minimum atomic E-state index is 0.664. The number of nitrogens with zero attached hydrogens (tertiary/aromatic N) is 4. The van der Waals surface area contributed by atoms with Gasteiger partial charge in [0.15, 0.2) is 0 Å². The third-order valence-corrected chi connectivity index (χ3v) is 5.71. The molecule has 1 unspecified atom stereocenters. The molecule has 2 aliphatic rings. The molecule has 1 atom stereocenters. The van der Waals surface area contributed by atoms with Gasteiger partial charge in [0.25, 0.3) is 0 Å². The van der Waals surface area contributed by atoms with E-state index >= 15 is 0 Å². The fourth-order valence-electron chi connectivity index (χ4n) is 4.18. The fraction of sp³-hybridized carbons (Fsp3) is 0.579. The molecule has 2 saturated heterocycles. The maximum absolute atomic E-state index is 6.08. The summed E-state index contributed by atoms with van der Waals surface area (Å²) in [6, 6.07) is 8.57. The molecule has 6 heteroatoms. The van der Waals surface area contributed by atoms with Crippen molar-refractivity contribution >= 4 is 11.6 Å². The normalized spacial score (nSPS) is 23.0. The molecular weight excluding hydrogens is 334 g/mol. The molecule has 0 spiro atoms. The zero-order chi connectivity index (χ0) is 17.1. The van der Waals surface area contributed by atoms with Crippen LogP contribution in [-0.2, 0) is 6.54 Å². The lowest BCUT2D eigenvalue weighted by molar-refractivity contribution is 0.0945. The summed E-state index contributed by atoms with van der Waals surface area (Å²) in [5.74, 6) is 0.664. The fourth-order valence-corrected chi connectivity index (χ4v) is 4.37. The van der Waals surface area contributed by atoms with E-state index in [-0.39, 0.29) is 0 Å². The van der Waals surface area contributed by atoms with Crippen molar-refractivity contribution in [3.8, 4) is 11.3 Å². The van der Waals surface area contributed by atoms with Crippen molar-refractivity contribution in [2.24, 2.45) is 5.92 Å². The molecule has 134 valence electrons. The van der Waals surface area contributed by atoms with Crippen LogP contribution in [0.25, 0.3) is 11.3 Å². The second-order valence-corrected chi connectivity index (χ2v) is 7.76. The topological polar surface area (TPSA) is 46.0 Å². The van der Waals surface area contributed by atoms with Gasteiger partial charge in [-0.25, -0.2) is 0 Å². The summed E-state index contributed by atoms with van der Waals surface area (Å²) >= 11 is 6.08. The van der Waals surface area contributed by atoms with Crippen molar-refractivity contribution in [1.82, 2.24) is 25.2 Å². The molecular formula is C19H26ClN5. The summed E-state index contributed by atoms with van der Waals surface area (Å²) in [5.41, 5.74) is 1.92. The average molecular weight is 360 g/mol. The van der Waals surface area contributed by atoms with Crippen LogP contribution in [-0.4, -0.2) is 52.1 Å². The molecule has 0 aliphatic carbocycles.